The van der Waals surface area contributed by atoms with Gasteiger partial charge >= 0.3 is 0 Å². The van der Waals surface area contributed by atoms with E-state index in [0.29, 0.717) is 0 Å². The summed E-state index contributed by atoms with van der Waals surface area (Å²) < 4.78 is 2.06. The van der Waals surface area contributed by atoms with Crippen molar-refractivity contribution in [3.63, 3.8) is 0 Å². The third-order valence-electron chi connectivity index (χ3n) is 3.94. The van der Waals surface area contributed by atoms with Crippen molar-refractivity contribution in [1.82, 2.24) is 20.4 Å². The van der Waals surface area contributed by atoms with Crippen LogP contribution < -0.4 is 10.6 Å². The van der Waals surface area contributed by atoms with Gasteiger partial charge in [-0.3, -0.25) is 9.67 Å². The van der Waals surface area contributed by atoms with Gasteiger partial charge < -0.3 is 10.6 Å². The average Bonchev–Trinajstić information content (AvgIpc) is 2.92. The molecule has 2 rings (SSSR count). The van der Waals surface area contributed by atoms with E-state index < -0.39 is 0 Å². The van der Waals surface area contributed by atoms with Crippen LogP contribution in [0.5, 0.6) is 0 Å². The first kappa shape index (κ1) is 21.5. The number of nitrogens with zero attached hydrogens (tertiary/aromatic N) is 3. The summed E-state index contributed by atoms with van der Waals surface area (Å²) in [5, 5.41) is 11.2. The van der Waals surface area contributed by atoms with Crippen molar-refractivity contribution >= 4 is 29.9 Å². The normalized spacial score (nSPS) is 11.1. The van der Waals surface area contributed by atoms with Crippen LogP contribution in [0, 0.1) is 13.8 Å². The Hall–Kier alpha value is -1.57. The molecule has 0 amide bonds. The Morgan fingerprint density at radius 1 is 1.08 bits per heavy atom. The summed E-state index contributed by atoms with van der Waals surface area (Å²) in [6.07, 6.45) is 3.20. The van der Waals surface area contributed by atoms with Crippen molar-refractivity contribution < 1.29 is 0 Å². The molecule has 2 aromatic rings. The van der Waals surface area contributed by atoms with Gasteiger partial charge in [-0.25, -0.2) is 0 Å². The fraction of sp³-hybridized carbons (Fsp3) is 0.474. The molecule has 0 bridgehead atoms. The van der Waals surface area contributed by atoms with Gasteiger partial charge in [0.15, 0.2) is 5.96 Å². The Balaban J connectivity index is 0.00000312. The van der Waals surface area contributed by atoms with Crippen LogP contribution >= 0.6 is 24.0 Å². The highest BCUT2D eigenvalue weighted by atomic mass is 127. The van der Waals surface area contributed by atoms with E-state index in [2.05, 4.69) is 68.7 Å². The largest absolute Gasteiger partial charge is 0.356 e. The second-order valence-electron chi connectivity index (χ2n) is 6.02. The summed E-state index contributed by atoms with van der Waals surface area (Å²) in [7, 11) is 1.81. The molecule has 0 fully saturated rings. The summed E-state index contributed by atoms with van der Waals surface area (Å²) in [5.74, 6) is 0.872. The highest BCUT2D eigenvalue weighted by Gasteiger charge is 2.01. The van der Waals surface area contributed by atoms with Gasteiger partial charge in [-0.2, -0.15) is 5.10 Å². The lowest BCUT2D eigenvalue weighted by molar-refractivity contribution is 0.555. The first-order valence-corrected chi connectivity index (χ1v) is 8.68. The second kappa shape index (κ2) is 11.9. The molecule has 6 heteroatoms. The standard InChI is InChI=1S/C19H29N5.HI/c1-16-15-17(2)24(23-16)14-8-13-22-19(20-3)21-12-7-11-18-9-5-4-6-10-18;/h4-6,9-10,15H,7-8,11-14H2,1-3H3,(H2,20,21,22);1H. The average molecular weight is 455 g/mol. The summed E-state index contributed by atoms with van der Waals surface area (Å²) >= 11 is 0. The molecule has 0 aliphatic heterocycles. The van der Waals surface area contributed by atoms with E-state index in [1.807, 2.05) is 14.0 Å². The van der Waals surface area contributed by atoms with E-state index in [-0.39, 0.29) is 24.0 Å². The molecule has 0 unspecified atom stereocenters. The van der Waals surface area contributed by atoms with Gasteiger partial charge in [0.05, 0.1) is 5.69 Å². The lowest BCUT2D eigenvalue weighted by atomic mass is 10.1. The maximum Gasteiger partial charge on any atom is 0.190 e. The van der Waals surface area contributed by atoms with Crippen LogP contribution in [0.1, 0.15) is 29.8 Å². The number of aryl methyl sites for hydroxylation is 4. The quantitative estimate of drug-likeness (QED) is 0.278. The van der Waals surface area contributed by atoms with E-state index in [9.17, 15) is 0 Å². The minimum absolute atomic E-state index is 0. The molecule has 0 aliphatic carbocycles. The maximum absolute atomic E-state index is 4.48. The Labute approximate surface area is 168 Å². The van der Waals surface area contributed by atoms with E-state index in [1.165, 1.54) is 11.3 Å². The molecule has 0 spiro atoms. The number of hydrogen-bond donors (Lipinski definition) is 2. The predicted molar refractivity (Wildman–Crippen MR) is 116 cm³/mol. The molecule has 1 heterocycles. The van der Waals surface area contributed by atoms with Crippen molar-refractivity contribution in [1.29, 1.82) is 0 Å². The SMILES string of the molecule is CN=C(NCCCc1ccccc1)NCCCn1nc(C)cc1C.I. The predicted octanol–water partition coefficient (Wildman–Crippen LogP) is 3.31. The fourth-order valence-electron chi connectivity index (χ4n) is 2.70. The van der Waals surface area contributed by atoms with Gasteiger partial charge in [-0.1, -0.05) is 30.3 Å². The molecule has 0 aliphatic rings. The van der Waals surface area contributed by atoms with Gasteiger partial charge in [-0.15, -0.1) is 24.0 Å². The fourth-order valence-corrected chi connectivity index (χ4v) is 2.70. The van der Waals surface area contributed by atoms with Gasteiger partial charge in [0, 0.05) is 32.4 Å². The maximum atomic E-state index is 4.48. The molecular formula is C19H30IN5. The molecule has 1 aromatic carbocycles. The Kier molecular flexibility index (Phi) is 10.2. The van der Waals surface area contributed by atoms with Crippen molar-refractivity contribution in [3.8, 4) is 0 Å². The van der Waals surface area contributed by atoms with Crippen LogP contribution in [-0.2, 0) is 13.0 Å². The van der Waals surface area contributed by atoms with Gasteiger partial charge in [-0.05, 0) is 44.7 Å². The van der Waals surface area contributed by atoms with E-state index in [4.69, 9.17) is 0 Å². The first-order chi connectivity index (χ1) is 11.7. The number of aliphatic imine (C=N–C) groups is 1. The van der Waals surface area contributed by atoms with Crippen LogP contribution in [0.2, 0.25) is 0 Å². The van der Waals surface area contributed by atoms with Crippen LogP contribution in [0.15, 0.2) is 41.4 Å². The Bertz CT molecular complexity index is 637. The monoisotopic (exact) mass is 455 g/mol. The molecule has 25 heavy (non-hydrogen) atoms. The third-order valence-corrected chi connectivity index (χ3v) is 3.94. The second-order valence-corrected chi connectivity index (χ2v) is 6.02. The molecule has 138 valence electrons. The third kappa shape index (κ3) is 7.90. The Morgan fingerprint density at radius 2 is 1.76 bits per heavy atom. The van der Waals surface area contributed by atoms with Gasteiger partial charge in [0.25, 0.3) is 0 Å². The lowest BCUT2D eigenvalue weighted by Crippen LogP contribution is -2.38. The number of nitrogens with one attached hydrogen (secondary N) is 2. The number of halogens is 1. The van der Waals surface area contributed by atoms with E-state index in [0.717, 1.165) is 50.6 Å². The topological polar surface area (TPSA) is 54.2 Å². The highest BCUT2D eigenvalue weighted by Crippen LogP contribution is 2.02. The zero-order valence-corrected chi connectivity index (χ0v) is 17.8. The van der Waals surface area contributed by atoms with Crippen LogP contribution in [0.4, 0.5) is 0 Å². The van der Waals surface area contributed by atoms with Crippen molar-refractivity contribution in [2.24, 2.45) is 4.99 Å². The van der Waals surface area contributed by atoms with E-state index in [1.54, 1.807) is 0 Å². The summed E-state index contributed by atoms with van der Waals surface area (Å²) in [6, 6.07) is 12.7. The molecule has 0 saturated carbocycles. The smallest absolute Gasteiger partial charge is 0.190 e. The van der Waals surface area contributed by atoms with Crippen LogP contribution in [0.25, 0.3) is 0 Å². The molecule has 2 N–H and O–H groups in total. The molecule has 0 saturated heterocycles. The summed E-state index contributed by atoms with van der Waals surface area (Å²) in [6.45, 7) is 6.87. The molecule has 5 nitrogen and oxygen atoms in total. The summed E-state index contributed by atoms with van der Waals surface area (Å²) in [5.41, 5.74) is 3.68. The molecule has 1 aromatic heterocycles. The Morgan fingerprint density at radius 3 is 2.36 bits per heavy atom. The van der Waals surface area contributed by atoms with Crippen molar-refractivity contribution in [3.05, 3.63) is 53.3 Å². The van der Waals surface area contributed by atoms with Crippen LogP contribution in [-0.4, -0.2) is 35.9 Å². The molecular weight excluding hydrogens is 425 g/mol. The number of hydrogen-bond acceptors (Lipinski definition) is 2. The van der Waals surface area contributed by atoms with Crippen molar-refractivity contribution in [2.75, 3.05) is 20.1 Å². The van der Waals surface area contributed by atoms with Gasteiger partial charge in [0.2, 0.25) is 0 Å². The number of benzene rings is 1. The van der Waals surface area contributed by atoms with Crippen LogP contribution in [0.3, 0.4) is 0 Å². The number of aromatic nitrogens is 2. The summed E-state index contributed by atoms with van der Waals surface area (Å²) in [4.78, 5) is 4.27. The van der Waals surface area contributed by atoms with Gasteiger partial charge in [0.1, 0.15) is 0 Å². The highest BCUT2D eigenvalue weighted by molar-refractivity contribution is 14.0. The molecule has 0 radical (unpaired) electrons. The lowest BCUT2D eigenvalue weighted by Gasteiger charge is -2.12. The zero-order valence-electron chi connectivity index (χ0n) is 15.5. The minimum atomic E-state index is 0. The first-order valence-electron chi connectivity index (χ1n) is 8.68. The van der Waals surface area contributed by atoms with Crippen molar-refractivity contribution in [2.45, 2.75) is 39.7 Å². The minimum Gasteiger partial charge on any atom is -0.356 e. The number of rotatable bonds is 8. The number of guanidine groups is 1. The molecule has 0 atom stereocenters. The van der Waals surface area contributed by atoms with E-state index >= 15 is 0 Å². The zero-order chi connectivity index (χ0) is 17.2.